The van der Waals surface area contributed by atoms with Crippen molar-refractivity contribution in [2.45, 2.75) is 25.3 Å². The van der Waals surface area contributed by atoms with Crippen LogP contribution in [-0.2, 0) is 16.1 Å². The first-order valence-corrected chi connectivity index (χ1v) is 10.6. The zero-order valence-electron chi connectivity index (χ0n) is 15.5. The number of rotatable bonds is 6. The third kappa shape index (κ3) is 4.34. The summed E-state index contributed by atoms with van der Waals surface area (Å²) < 4.78 is 21.4. The fraction of sp³-hybridized carbons (Fsp3) is 0.250. The van der Waals surface area contributed by atoms with Crippen molar-refractivity contribution in [2.75, 3.05) is 12.4 Å². The Morgan fingerprint density at radius 3 is 2.71 bits per heavy atom. The number of thiazole rings is 1. The van der Waals surface area contributed by atoms with Gasteiger partial charge in [0.1, 0.15) is 12.4 Å². The fourth-order valence-electron chi connectivity index (χ4n) is 2.73. The van der Waals surface area contributed by atoms with Crippen LogP contribution in [0.3, 0.4) is 0 Å². The van der Waals surface area contributed by atoms with Crippen molar-refractivity contribution in [1.82, 2.24) is 4.57 Å². The van der Waals surface area contributed by atoms with Gasteiger partial charge in [-0.3, -0.25) is 9.59 Å². The lowest BCUT2D eigenvalue weighted by molar-refractivity contribution is -0.143. The third-order valence-corrected chi connectivity index (χ3v) is 5.86. The van der Waals surface area contributed by atoms with E-state index in [0.29, 0.717) is 10.3 Å². The van der Waals surface area contributed by atoms with Gasteiger partial charge in [0.2, 0.25) is 0 Å². The summed E-state index contributed by atoms with van der Waals surface area (Å²) in [7, 11) is 0. The fourth-order valence-corrected chi connectivity index (χ4v) is 4.57. The lowest BCUT2D eigenvalue weighted by Crippen LogP contribution is -2.23. The summed E-state index contributed by atoms with van der Waals surface area (Å²) in [5, 5.41) is 0. The molecule has 0 radical (unpaired) electrons. The molecule has 0 fully saturated rings. The van der Waals surface area contributed by atoms with Crippen molar-refractivity contribution in [3.8, 4) is 0 Å². The number of carbonyl (C=O) groups excluding carboxylic acids is 2. The Labute approximate surface area is 169 Å². The first kappa shape index (κ1) is 20.3. The maximum Gasteiger partial charge on any atom is 0.326 e. The van der Waals surface area contributed by atoms with Crippen LogP contribution in [0.5, 0.6) is 0 Å². The summed E-state index contributed by atoms with van der Waals surface area (Å²) in [6.45, 7) is 3.71. The smallest absolute Gasteiger partial charge is 0.326 e. The van der Waals surface area contributed by atoms with E-state index in [9.17, 15) is 14.0 Å². The molecule has 0 spiro atoms. The molecule has 5 nitrogen and oxygen atoms in total. The molecule has 0 saturated carbocycles. The van der Waals surface area contributed by atoms with Gasteiger partial charge in [0.05, 0.1) is 22.4 Å². The second kappa shape index (κ2) is 9.16. The number of esters is 1. The van der Waals surface area contributed by atoms with Crippen LogP contribution in [0.4, 0.5) is 4.39 Å². The van der Waals surface area contributed by atoms with Crippen molar-refractivity contribution in [1.29, 1.82) is 0 Å². The number of aromatic nitrogens is 1. The molecule has 0 bridgehead atoms. The maximum absolute atomic E-state index is 14.4. The van der Waals surface area contributed by atoms with E-state index in [1.807, 2.05) is 19.1 Å². The first-order chi connectivity index (χ1) is 13.5. The summed E-state index contributed by atoms with van der Waals surface area (Å²) in [4.78, 5) is 30.2. The number of benzene rings is 2. The molecule has 146 valence electrons. The number of carbonyl (C=O) groups is 2. The van der Waals surface area contributed by atoms with Crippen LogP contribution in [0.1, 0.15) is 24.2 Å². The van der Waals surface area contributed by atoms with E-state index in [4.69, 9.17) is 4.74 Å². The predicted octanol–water partition coefficient (Wildman–Crippen LogP) is 4.26. The van der Waals surface area contributed by atoms with Gasteiger partial charge in [-0.1, -0.05) is 36.5 Å². The van der Waals surface area contributed by atoms with E-state index in [-0.39, 0.29) is 23.5 Å². The molecule has 0 aliphatic heterocycles. The molecule has 3 aromatic rings. The molecule has 1 heterocycles. The number of hydrogen-bond donors (Lipinski definition) is 0. The monoisotopic (exact) mass is 418 g/mol. The van der Waals surface area contributed by atoms with Crippen molar-refractivity contribution in [3.05, 3.63) is 58.6 Å². The molecule has 0 saturated heterocycles. The third-order valence-electron chi connectivity index (χ3n) is 3.86. The number of hydrogen-bond acceptors (Lipinski definition) is 5. The average Bonchev–Trinajstić information content (AvgIpc) is 3.01. The molecule has 2 aromatic carbocycles. The minimum atomic E-state index is -0.513. The Morgan fingerprint density at radius 2 is 1.96 bits per heavy atom. The van der Waals surface area contributed by atoms with Gasteiger partial charge in [-0.15, -0.1) is 11.8 Å². The van der Waals surface area contributed by atoms with Crippen LogP contribution in [0.25, 0.3) is 10.2 Å². The molecule has 0 aliphatic carbocycles. The standard InChI is InChI=1S/C20H19FN2O3S2/c1-3-26-17(24)12-23-18-14(21)9-7-11-16(18)28-20(23)22-19(25)13-8-5-6-10-15(13)27-4-2/h5-11H,3-4,12H2,1-2H3. The number of amides is 1. The second-order valence-corrected chi connectivity index (χ2v) is 8.02. The van der Waals surface area contributed by atoms with Crippen LogP contribution in [0.15, 0.2) is 52.4 Å². The van der Waals surface area contributed by atoms with E-state index >= 15 is 0 Å². The number of ether oxygens (including phenoxy) is 1. The average molecular weight is 419 g/mol. The Kier molecular flexibility index (Phi) is 6.64. The van der Waals surface area contributed by atoms with Gasteiger partial charge in [0.15, 0.2) is 4.80 Å². The van der Waals surface area contributed by atoms with Gasteiger partial charge < -0.3 is 9.30 Å². The summed E-state index contributed by atoms with van der Waals surface area (Å²) in [6, 6.07) is 11.9. The topological polar surface area (TPSA) is 60.7 Å². The van der Waals surface area contributed by atoms with Gasteiger partial charge in [0, 0.05) is 4.90 Å². The van der Waals surface area contributed by atoms with Gasteiger partial charge >= 0.3 is 5.97 Å². The Morgan fingerprint density at radius 1 is 1.18 bits per heavy atom. The van der Waals surface area contributed by atoms with Gasteiger partial charge in [-0.05, 0) is 36.9 Å². The molecule has 0 aliphatic rings. The maximum atomic E-state index is 14.4. The van der Waals surface area contributed by atoms with Crippen LogP contribution in [-0.4, -0.2) is 28.8 Å². The summed E-state index contributed by atoms with van der Waals surface area (Å²) in [6.07, 6.45) is 0. The molecule has 0 atom stereocenters. The van der Waals surface area contributed by atoms with E-state index in [1.165, 1.54) is 10.6 Å². The zero-order chi connectivity index (χ0) is 20.1. The van der Waals surface area contributed by atoms with Crippen LogP contribution in [0.2, 0.25) is 0 Å². The molecule has 3 rings (SSSR count). The van der Waals surface area contributed by atoms with Crippen LogP contribution in [0, 0.1) is 5.82 Å². The second-order valence-electron chi connectivity index (χ2n) is 5.71. The normalized spacial score (nSPS) is 11.8. The summed E-state index contributed by atoms with van der Waals surface area (Å²) >= 11 is 2.71. The molecular formula is C20H19FN2O3S2. The molecule has 0 unspecified atom stereocenters. The highest BCUT2D eigenvalue weighted by atomic mass is 32.2. The largest absolute Gasteiger partial charge is 0.465 e. The Balaban J connectivity index is 2.13. The highest BCUT2D eigenvalue weighted by Gasteiger charge is 2.16. The lowest BCUT2D eigenvalue weighted by Gasteiger charge is -2.06. The van der Waals surface area contributed by atoms with Gasteiger partial charge in [-0.2, -0.15) is 4.99 Å². The molecule has 28 heavy (non-hydrogen) atoms. The Hall–Kier alpha value is -2.45. The zero-order valence-corrected chi connectivity index (χ0v) is 17.1. The van der Waals surface area contributed by atoms with E-state index in [2.05, 4.69) is 4.99 Å². The number of nitrogens with zero attached hydrogens (tertiary/aromatic N) is 2. The summed E-state index contributed by atoms with van der Waals surface area (Å²) in [5.74, 6) is -0.599. The van der Waals surface area contributed by atoms with Gasteiger partial charge in [0.25, 0.3) is 5.91 Å². The van der Waals surface area contributed by atoms with E-state index in [1.54, 1.807) is 43.0 Å². The SMILES string of the molecule is CCOC(=O)Cn1c(=NC(=O)c2ccccc2SCC)sc2cccc(F)c21. The van der Waals surface area contributed by atoms with Crippen molar-refractivity contribution >= 4 is 45.2 Å². The van der Waals surface area contributed by atoms with Crippen molar-refractivity contribution < 1.29 is 18.7 Å². The molecular weight excluding hydrogens is 399 g/mol. The van der Waals surface area contributed by atoms with Gasteiger partial charge in [-0.25, -0.2) is 4.39 Å². The quantitative estimate of drug-likeness (QED) is 0.443. The predicted molar refractivity (Wildman–Crippen MR) is 109 cm³/mol. The number of para-hydroxylation sites is 1. The molecule has 1 aromatic heterocycles. The minimum Gasteiger partial charge on any atom is -0.465 e. The Bertz CT molecular complexity index is 1090. The van der Waals surface area contributed by atoms with Crippen LogP contribution < -0.4 is 4.80 Å². The van der Waals surface area contributed by atoms with Crippen molar-refractivity contribution in [3.63, 3.8) is 0 Å². The first-order valence-electron chi connectivity index (χ1n) is 8.79. The number of halogens is 1. The minimum absolute atomic E-state index is 0.216. The van der Waals surface area contributed by atoms with E-state index < -0.39 is 17.7 Å². The lowest BCUT2D eigenvalue weighted by atomic mass is 10.2. The molecule has 0 N–H and O–H groups in total. The number of fused-ring (bicyclic) bond motifs is 1. The highest BCUT2D eigenvalue weighted by molar-refractivity contribution is 7.99. The highest BCUT2D eigenvalue weighted by Crippen LogP contribution is 2.24. The van der Waals surface area contributed by atoms with E-state index in [0.717, 1.165) is 22.0 Å². The van der Waals surface area contributed by atoms with Crippen LogP contribution >= 0.6 is 23.1 Å². The molecule has 1 amide bonds. The van der Waals surface area contributed by atoms with Crippen molar-refractivity contribution in [2.24, 2.45) is 4.99 Å². The molecule has 8 heteroatoms. The number of thioether (sulfide) groups is 1. The summed E-state index contributed by atoms with van der Waals surface area (Å²) in [5.41, 5.74) is 0.721.